The lowest BCUT2D eigenvalue weighted by Crippen LogP contribution is -2.17. The second-order valence-electron chi connectivity index (χ2n) is 4.29. The maximum absolute atomic E-state index is 9.23. The Hall–Kier alpha value is -0.830. The topological polar surface area (TPSA) is 38.0 Å². The van der Waals surface area contributed by atoms with Gasteiger partial charge in [-0.15, -0.1) is 0 Å². The van der Waals surface area contributed by atoms with Gasteiger partial charge in [0.2, 0.25) is 0 Å². The molecule has 0 amide bonds. The van der Waals surface area contributed by atoms with Gasteiger partial charge in [-0.3, -0.25) is 4.68 Å². The number of aliphatic hydroxyl groups is 1. The summed E-state index contributed by atoms with van der Waals surface area (Å²) in [6.45, 7) is 6.53. The van der Waals surface area contributed by atoms with Crippen molar-refractivity contribution in [3.63, 3.8) is 0 Å². The second kappa shape index (κ2) is 4.60. The summed E-state index contributed by atoms with van der Waals surface area (Å²) >= 11 is 0. The molecule has 1 rings (SSSR count). The second-order valence-corrected chi connectivity index (χ2v) is 4.29. The summed E-state index contributed by atoms with van der Waals surface area (Å²) in [5.74, 6) is 0.847. The molecule has 1 aromatic heterocycles. The molecule has 1 atom stereocenters. The highest BCUT2D eigenvalue weighted by atomic mass is 16.3. The molecule has 1 heterocycles. The summed E-state index contributed by atoms with van der Waals surface area (Å²) in [6, 6.07) is 2.09. The molecule has 3 heteroatoms. The van der Waals surface area contributed by atoms with E-state index in [-0.39, 0.29) is 6.61 Å². The van der Waals surface area contributed by atoms with Crippen molar-refractivity contribution in [1.82, 2.24) is 9.78 Å². The number of rotatable bonds is 4. The molecule has 0 aromatic carbocycles. The number of hydrogen-bond donors (Lipinski definition) is 1. The van der Waals surface area contributed by atoms with E-state index in [0.717, 1.165) is 12.1 Å². The summed E-state index contributed by atoms with van der Waals surface area (Å²) < 4.78 is 1.90. The van der Waals surface area contributed by atoms with Gasteiger partial charge in [-0.2, -0.15) is 5.10 Å². The summed E-state index contributed by atoms with van der Waals surface area (Å²) in [5.41, 5.74) is 2.25. The van der Waals surface area contributed by atoms with Crippen molar-refractivity contribution < 1.29 is 5.11 Å². The molecule has 1 aromatic rings. The zero-order valence-corrected chi connectivity index (χ0v) is 9.49. The fourth-order valence-corrected chi connectivity index (χ4v) is 1.63. The molecule has 0 saturated heterocycles. The number of aromatic nitrogens is 2. The van der Waals surface area contributed by atoms with Gasteiger partial charge in [-0.25, -0.2) is 0 Å². The van der Waals surface area contributed by atoms with Gasteiger partial charge in [0.25, 0.3) is 0 Å². The minimum Gasteiger partial charge on any atom is -0.396 e. The molecule has 0 saturated carbocycles. The molecule has 0 aliphatic rings. The summed E-state index contributed by atoms with van der Waals surface area (Å²) in [7, 11) is 1.96. The lowest BCUT2D eigenvalue weighted by Gasteiger charge is -2.17. The largest absolute Gasteiger partial charge is 0.396 e. The third-order valence-corrected chi connectivity index (χ3v) is 2.75. The van der Waals surface area contributed by atoms with Crippen LogP contribution in [-0.4, -0.2) is 21.5 Å². The Balaban J connectivity index is 2.71. The van der Waals surface area contributed by atoms with Gasteiger partial charge in [0.05, 0.1) is 5.69 Å². The SMILES string of the molecule is Cc1cc(CC(CO)C(C)C)n(C)n1. The van der Waals surface area contributed by atoms with E-state index < -0.39 is 0 Å². The average molecular weight is 196 g/mol. The average Bonchev–Trinajstić information content (AvgIpc) is 2.40. The third-order valence-electron chi connectivity index (χ3n) is 2.75. The van der Waals surface area contributed by atoms with Crippen LogP contribution in [0.1, 0.15) is 25.2 Å². The standard InChI is InChI=1S/C11H20N2O/c1-8(2)10(7-14)6-11-5-9(3)12-13(11)4/h5,8,10,14H,6-7H2,1-4H3. The van der Waals surface area contributed by atoms with Crippen LogP contribution in [0.15, 0.2) is 6.07 Å². The van der Waals surface area contributed by atoms with E-state index >= 15 is 0 Å². The van der Waals surface area contributed by atoms with E-state index in [1.54, 1.807) is 0 Å². The first kappa shape index (κ1) is 11.2. The monoisotopic (exact) mass is 196 g/mol. The molecule has 0 spiro atoms. The highest BCUT2D eigenvalue weighted by Gasteiger charge is 2.15. The van der Waals surface area contributed by atoms with Crippen LogP contribution in [0.2, 0.25) is 0 Å². The van der Waals surface area contributed by atoms with Gasteiger partial charge in [0, 0.05) is 19.3 Å². The lowest BCUT2D eigenvalue weighted by atomic mass is 9.92. The van der Waals surface area contributed by atoms with Crippen molar-refractivity contribution in [2.24, 2.45) is 18.9 Å². The van der Waals surface area contributed by atoms with Crippen LogP contribution in [-0.2, 0) is 13.5 Å². The van der Waals surface area contributed by atoms with Crippen LogP contribution in [0, 0.1) is 18.8 Å². The Morgan fingerprint density at radius 2 is 2.14 bits per heavy atom. The van der Waals surface area contributed by atoms with Gasteiger partial charge in [0.15, 0.2) is 0 Å². The van der Waals surface area contributed by atoms with Crippen molar-refractivity contribution in [3.05, 3.63) is 17.5 Å². The molecule has 1 N–H and O–H groups in total. The van der Waals surface area contributed by atoms with Crippen molar-refractivity contribution >= 4 is 0 Å². The lowest BCUT2D eigenvalue weighted by molar-refractivity contribution is 0.187. The highest BCUT2D eigenvalue weighted by Crippen LogP contribution is 2.16. The fourth-order valence-electron chi connectivity index (χ4n) is 1.63. The van der Waals surface area contributed by atoms with E-state index in [2.05, 4.69) is 25.0 Å². The zero-order chi connectivity index (χ0) is 10.7. The Bertz CT molecular complexity index is 291. The van der Waals surface area contributed by atoms with Gasteiger partial charge in [0.1, 0.15) is 0 Å². The smallest absolute Gasteiger partial charge is 0.0596 e. The maximum atomic E-state index is 9.23. The summed E-state index contributed by atoms with van der Waals surface area (Å²) in [5, 5.41) is 13.5. The predicted octanol–water partition coefficient (Wildman–Crippen LogP) is 1.54. The molecule has 1 unspecified atom stereocenters. The van der Waals surface area contributed by atoms with Crippen LogP contribution in [0.4, 0.5) is 0 Å². The first-order valence-corrected chi connectivity index (χ1v) is 5.15. The molecule has 0 aliphatic carbocycles. The van der Waals surface area contributed by atoms with E-state index in [9.17, 15) is 5.11 Å². The Morgan fingerprint density at radius 1 is 1.50 bits per heavy atom. The summed E-state index contributed by atoms with van der Waals surface area (Å²) in [6.07, 6.45) is 0.908. The first-order chi connectivity index (χ1) is 6.54. The first-order valence-electron chi connectivity index (χ1n) is 5.15. The molecule has 0 radical (unpaired) electrons. The van der Waals surface area contributed by atoms with Gasteiger partial charge in [-0.05, 0) is 31.2 Å². The molecular formula is C11H20N2O. The summed E-state index contributed by atoms with van der Waals surface area (Å²) in [4.78, 5) is 0. The van der Waals surface area contributed by atoms with E-state index in [1.807, 2.05) is 18.7 Å². The fraction of sp³-hybridized carbons (Fsp3) is 0.727. The van der Waals surface area contributed by atoms with Crippen molar-refractivity contribution in [1.29, 1.82) is 0 Å². The maximum Gasteiger partial charge on any atom is 0.0596 e. The van der Waals surface area contributed by atoms with Gasteiger partial charge < -0.3 is 5.11 Å². The van der Waals surface area contributed by atoms with Crippen molar-refractivity contribution in [2.45, 2.75) is 27.2 Å². The zero-order valence-electron chi connectivity index (χ0n) is 9.49. The highest BCUT2D eigenvalue weighted by molar-refractivity contribution is 5.09. The molecule has 14 heavy (non-hydrogen) atoms. The minimum absolute atomic E-state index is 0.252. The van der Waals surface area contributed by atoms with E-state index in [0.29, 0.717) is 11.8 Å². The number of nitrogens with zero attached hydrogens (tertiary/aromatic N) is 2. The number of aliphatic hydroxyl groups excluding tert-OH is 1. The molecule has 0 aliphatic heterocycles. The van der Waals surface area contributed by atoms with Crippen molar-refractivity contribution in [3.8, 4) is 0 Å². The molecule has 3 nitrogen and oxygen atoms in total. The molecule has 0 fully saturated rings. The van der Waals surface area contributed by atoms with Crippen molar-refractivity contribution in [2.75, 3.05) is 6.61 Å². The van der Waals surface area contributed by atoms with Gasteiger partial charge >= 0.3 is 0 Å². The Morgan fingerprint density at radius 3 is 2.50 bits per heavy atom. The Labute approximate surface area is 85.8 Å². The quantitative estimate of drug-likeness (QED) is 0.793. The molecule has 80 valence electrons. The van der Waals surface area contributed by atoms with Crippen LogP contribution in [0.25, 0.3) is 0 Å². The molecular weight excluding hydrogens is 176 g/mol. The van der Waals surface area contributed by atoms with Crippen LogP contribution >= 0.6 is 0 Å². The van der Waals surface area contributed by atoms with Crippen LogP contribution in [0.5, 0.6) is 0 Å². The van der Waals surface area contributed by atoms with E-state index in [1.165, 1.54) is 5.69 Å². The predicted molar refractivity (Wildman–Crippen MR) is 57.1 cm³/mol. The van der Waals surface area contributed by atoms with Crippen LogP contribution < -0.4 is 0 Å². The number of aryl methyl sites for hydroxylation is 2. The molecule has 0 bridgehead atoms. The van der Waals surface area contributed by atoms with Gasteiger partial charge in [-0.1, -0.05) is 13.8 Å². The normalized spacial score (nSPS) is 13.6. The van der Waals surface area contributed by atoms with E-state index in [4.69, 9.17) is 0 Å². The van der Waals surface area contributed by atoms with Crippen LogP contribution in [0.3, 0.4) is 0 Å². The number of hydrogen-bond acceptors (Lipinski definition) is 2. The Kier molecular flexibility index (Phi) is 3.69. The minimum atomic E-state index is 0.252. The third kappa shape index (κ3) is 2.58.